The molecule has 0 aliphatic heterocycles. The first-order chi connectivity index (χ1) is 8.66. The Bertz CT molecular complexity index is 265. The minimum Gasteiger partial charge on any atom is -1.00 e. The molecule has 6 nitrogen and oxygen atoms in total. The average molecular weight is 512 g/mol. The van der Waals surface area contributed by atoms with E-state index < -0.39 is 0 Å². The Morgan fingerprint density at radius 3 is 1.22 bits per heavy atom. The third-order valence-corrected chi connectivity index (χ3v) is 1.31. The number of hydrogen-bond donors (Lipinski definition) is 2. The summed E-state index contributed by atoms with van der Waals surface area (Å²) < 4.78 is 8.17. The van der Waals surface area contributed by atoms with Crippen LogP contribution in [-0.4, -0.2) is 32.4 Å². The number of nitrogens with one attached hydrogen (secondary N) is 2. The van der Waals surface area contributed by atoms with Crippen molar-refractivity contribution >= 4 is 53.5 Å². The first-order valence-corrected chi connectivity index (χ1v) is 5.75. The van der Waals surface area contributed by atoms with Gasteiger partial charge in [-0.05, 0) is 6.42 Å². The van der Waals surface area contributed by atoms with Gasteiger partial charge in [0.2, 0.25) is 0 Å². The second-order valence-electron chi connectivity index (χ2n) is 1.99. The minimum atomic E-state index is 0. The van der Waals surface area contributed by atoms with Crippen LogP contribution in [0.2, 0.25) is 0 Å². The Morgan fingerprint density at radius 1 is 0.963 bits per heavy atom. The van der Waals surface area contributed by atoms with E-state index in [0.29, 0.717) is 6.42 Å². The molecule has 0 unspecified atom stereocenters. The molecule has 0 rings (SSSR count). The van der Waals surface area contributed by atoms with Crippen LogP contribution < -0.4 is 29.6 Å². The summed E-state index contributed by atoms with van der Waals surface area (Å²) in [5.74, 6) is 0. The van der Waals surface area contributed by atoms with Crippen molar-refractivity contribution in [2.75, 3.05) is 19.5 Å². The zero-order chi connectivity index (χ0) is 15.1. The maximum Gasteiger partial charge on any atom is 1.00 e. The molecule has 0 atom stereocenters. The van der Waals surface area contributed by atoms with Crippen LogP contribution in [0.1, 0.15) is 58.8 Å². The first-order valence-electron chi connectivity index (χ1n) is 4.63. The third kappa shape index (κ3) is 442. The van der Waals surface area contributed by atoms with Gasteiger partial charge >= 0.3 is 29.6 Å². The molecule has 0 saturated carbocycles. The zero-order valence-electron chi connectivity index (χ0n) is 13.5. The van der Waals surface area contributed by atoms with E-state index in [4.69, 9.17) is 21.3 Å². The number of rotatable bonds is 4. The monoisotopic (exact) mass is 510 g/mol. The van der Waals surface area contributed by atoms with Crippen LogP contribution >= 0.6 is 40.7 Å². The maximum absolute atomic E-state index is 7.93. The van der Waals surface area contributed by atoms with Crippen molar-refractivity contribution in [1.82, 2.24) is 0 Å². The fourth-order valence-electron chi connectivity index (χ4n) is 0.146. The summed E-state index contributed by atoms with van der Waals surface area (Å²) >= 11 is 3.20. The molecular weight excluding hydrogens is 466 g/mol. The molecule has 0 radical (unpaired) electrons. The standard InChI is InChI=1S/C4H6BrN.C3H3N.2C2H5NO.6CH4.2ClH.Na.H/c5-3-1-2-4-6;1-2-3-4;2*1-4-2-3;;;;;;;;;;/h1-3H2;2H,1H2;2*2-3H,1H3;6*1H4;2*1H;;/q;;;;;;;;;;;;+1;-1. The number of ether oxygens (including phenoxy) is 2. The van der Waals surface area contributed by atoms with Crippen molar-refractivity contribution in [1.29, 1.82) is 21.3 Å². The smallest absolute Gasteiger partial charge is 1.00 e. The summed E-state index contributed by atoms with van der Waals surface area (Å²) in [5.41, 5.74) is 0. The SMILES string of the molecule is C.C.C.C.C.C.C=CC#N.COC=N.COC=N.Cl.Cl.N#CCCCBr.[H-].[Na+]. The van der Waals surface area contributed by atoms with E-state index in [1.165, 1.54) is 20.3 Å². The van der Waals surface area contributed by atoms with E-state index >= 15 is 0 Å². The van der Waals surface area contributed by atoms with Gasteiger partial charge in [0.1, 0.15) is 0 Å². The van der Waals surface area contributed by atoms with Crippen molar-refractivity contribution in [3.05, 3.63) is 12.7 Å². The van der Waals surface area contributed by atoms with Crippen LogP contribution in [0.4, 0.5) is 0 Å². The summed E-state index contributed by atoms with van der Waals surface area (Å²) in [4.78, 5) is 0. The normalized spacial score (nSPS) is 3.74. The molecule has 0 heterocycles. The molecule has 0 saturated heterocycles. The molecule has 0 amide bonds. The van der Waals surface area contributed by atoms with Gasteiger partial charge in [0, 0.05) is 17.8 Å². The van der Waals surface area contributed by atoms with E-state index in [1.807, 2.05) is 6.07 Å². The van der Waals surface area contributed by atoms with Gasteiger partial charge in [0.15, 0.2) is 12.8 Å². The summed E-state index contributed by atoms with van der Waals surface area (Å²) in [6.45, 7) is 3.12. The molecule has 0 aliphatic rings. The van der Waals surface area contributed by atoms with Crippen LogP contribution in [0.25, 0.3) is 0 Å². The molecule has 0 aromatic heterocycles. The predicted molar refractivity (Wildman–Crippen MR) is 132 cm³/mol. The molecule has 0 aliphatic carbocycles. The fraction of sp³-hybridized carbons (Fsp3) is 0.647. The molecule has 0 aromatic carbocycles. The molecular formula is C17H46BrCl2N4NaO2. The molecule has 0 bridgehead atoms. The van der Waals surface area contributed by atoms with E-state index in [-0.39, 0.29) is 100 Å². The van der Waals surface area contributed by atoms with Crippen LogP contribution in [0.15, 0.2) is 12.7 Å². The molecule has 27 heavy (non-hydrogen) atoms. The van der Waals surface area contributed by atoms with Crippen molar-refractivity contribution in [3.8, 4) is 12.1 Å². The fourth-order valence-corrected chi connectivity index (χ4v) is 0.426. The number of nitriles is 2. The number of hydrogen-bond acceptors (Lipinski definition) is 6. The van der Waals surface area contributed by atoms with Gasteiger partial charge in [-0.2, -0.15) is 10.5 Å². The first kappa shape index (κ1) is 93.9. The number of unbranched alkanes of at least 4 members (excludes halogenated alkanes) is 1. The summed E-state index contributed by atoms with van der Waals surface area (Å²) in [7, 11) is 2.88. The largest absolute Gasteiger partial charge is 1.00 e. The Morgan fingerprint density at radius 2 is 1.19 bits per heavy atom. The van der Waals surface area contributed by atoms with Crippen LogP contribution in [-0.2, 0) is 9.47 Å². The van der Waals surface area contributed by atoms with Crippen LogP contribution in [0, 0.1) is 33.5 Å². The number of methoxy groups -OCH3 is 2. The molecule has 168 valence electrons. The second kappa shape index (κ2) is 166. The summed E-state index contributed by atoms with van der Waals surface area (Å²) in [6.07, 6.45) is 4.57. The molecule has 0 fully saturated rings. The Balaban J connectivity index is -0.00000000703. The van der Waals surface area contributed by atoms with Gasteiger partial charge in [0.25, 0.3) is 0 Å². The van der Waals surface area contributed by atoms with Gasteiger partial charge in [0.05, 0.1) is 26.4 Å². The number of nitrogens with zero attached hydrogens (tertiary/aromatic N) is 2. The van der Waals surface area contributed by atoms with E-state index in [9.17, 15) is 0 Å². The zero-order valence-corrected chi connectivity index (χ0v) is 17.7. The van der Waals surface area contributed by atoms with Crippen LogP contribution in [0.3, 0.4) is 0 Å². The van der Waals surface area contributed by atoms with Crippen LogP contribution in [0.5, 0.6) is 0 Å². The third-order valence-electron chi connectivity index (χ3n) is 0.749. The topological polar surface area (TPSA) is 114 Å². The predicted octanol–water partition coefficient (Wildman–Crippen LogP) is 4.64. The minimum absolute atomic E-state index is 0. The number of allylic oxidation sites excluding steroid dienone is 1. The van der Waals surface area contributed by atoms with Gasteiger partial charge in [-0.1, -0.05) is 67.1 Å². The second-order valence-corrected chi connectivity index (χ2v) is 2.78. The number of alkyl halides is 1. The van der Waals surface area contributed by atoms with Crippen molar-refractivity contribution in [2.45, 2.75) is 57.4 Å². The van der Waals surface area contributed by atoms with Crippen molar-refractivity contribution in [2.24, 2.45) is 0 Å². The maximum atomic E-state index is 7.93. The summed E-state index contributed by atoms with van der Waals surface area (Å²) in [6, 6.07) is 3.73. The Kier molecular flexibility index (Phi) is 579. The molecule has 2 N–H and O–H groups in total. The Labute approximate surface area is 215 Å². The van der Waals surface area contributed by atoms with E-state index in [0.717, 1.165) is 24.6 Å². The molecule has 10 heteroatoms. The average Bonchev–Trinajstić information content (AvgIpc) is 2.45. The van der Waals surface area contributed by atoms with E-state index in [2.05, 4.69) is 32.0 Å². The van der Waals surface area contributed by atoms with Crippen molar-refractivity contribution in [3.63, 3.8) is 0 Å². The van der Waals surface area contributed by atoms with Gasteiger partial charge in [-0.15, -0.1) is 24.8 Å². The van der Waals surface area contributed by atoms with Gasteiger partial charge in [-0.25, -0.2) is 0 Å². The quantitative estimate of drug-likeness (QED) is 0.143. The Hall–Kier alpha value is -0.280. The summed E-state index contributed by atoms with van der Waals surface area (Å²) in [5, 5.41) is 28.6. The molecule has 0 aromatic rings. The van der Waals surface area contributed by atoms with Crippen molar-refractivity contribution < 1.29 is 40.5 Å². The number of halogens is 3. The molecule has 0 spiro atoms. The van der Waals surface area contributed by atoms with Gasteiger partial charge < -0.3 is 10.9 Å². The van der Waals surface area contributed by atoms with E-state index in [1.54, 1.807) is 6.07 Å². The van der Waals surface area contributed by atoms with Gasteiger partial charge in [-0.3, -0.25) is 10.8 Å².